The van der Waals surface area contributed by atoms with Gasteiger partial charge in [0.05, 0.1) is 0 Å². The van der Waals surface area contributed by atoms with Crippen LogP contribution in [0.3, 0.4) is 0 Å². The molecule has 4 nitrogen and oxygen atoms in total. The molecule has 0 aliphatic carbocycles. The van der Waals surface area contributed by atoms with Gasteiger partial charge in [0, 0.05) is 18.2 Å². The van der Waals surface area contributed by atoms with Crippen LogP contribution in [0, 0.1) is 0 Å². The van der Waals surface area contributed by atoms with Crippen molar-refractivity contribution in [3.05, 3.63) is 51.7 Å². The number of aliphatic hydroxyl groups excluding tert-OH is 1. The smallest absolute Gasteiger partial charge is 0.263 e. The lowest BCUT2D eigenvalue weighted by atomic mass is 9.95. The Hall–Kier alpha value is -1.56. The lowest BCUT2D eigenvalue weighted by Gasteiger charge is -2.26. The van der Waals surface area contributed by atoms with Crippen molar-refractivity contribution in [3.63, 3.8) is 0 Å². The summed E-state index contributed by atoms with van der Waals surface area (Å²) < 4.78 is 5.79. The highest BCUT2D eigenvalue weighted by Gasteiger charge is 2.29. The van der Waals surface area contributed by atoms with Crippen LogP contribution in [0.5, 0.6) is 5.75 Å². The first-order chi connectivity index (χ1) is 11.9. The van der Waals surface area contributed by atoms with Crippen LogP contribution in [-0.2, 0) is 4.79 Å². The molecule has 0 saturated carbocycles. The summed E-state index contributed by atoms with van der Waals surface area (Å²) in [4.78, 5) is 12.5. The fraction of sp³-hybridized carbons (Fsp3) is 0.421. The van der Waals surface area contributed by atoms with Crippen molar-refractivity contribution in [2.45, 2.75) is 38.2 Å². The second kappa shape index (κ2) is 9.22. The highest BCUT2D eigenvalue weighted by molar-refractivity contribution is 7.07. The molecule has 25 heavy (non-hydrogen) atoms. The van der Waals surface area contributed by atoms with E-state index in [2.05, 4.69) is 16.8 Å². The molecule has 0 aliphatic rings. The number of hydrogen-bond donors (Lipinski definition) is 2. The number of thiophene rings is 1. The van der Waals surface area contributed by atoms with Crippen LogP contribution in [0.4, 0.5) is 0 Å². The van der Waals surface area contributed by atoms with Gasteiger partial charge in [-0.15, -0.1) is 0 Å². The van der Waals surface area contributed by atoms with Crippen LogP contribution < -0.4 is 10.1 Å². The summed E-state index contributed by atoms with van der Waals surface area (Å²) in [7, 11) is 0. The zero-order chi connectivity index (χ0) is 18.3. The number of halogens is 1. The first-order valence-electron chi connectivity index (χ1n) is 8.28. The Morgan fingerprint density at radius 1 is 1.28 bits per heavy atom. The van der Waals surface area contributed by atoms with Crippen molar-refractivity contribution in [1.29, 1.82) is 0 Å². The molecular formula is C19H24ClNO3S. The average Bonchev–Trinajstić information content (AvgIpc) is 3.10. The highest BCUT2D eigenvalue weighted by Crippen LogP contribution is 2.25. The number of aliphatic hydroxyl groups is 1. The summed E-state index contributed by atoms with van der Waals surface area (Å²) in [6.45, 7) is 4.15. The maximum atomic E-state index is 12.5. The largest absolute Gasteiger partial charge is 0.478 e. The van der Waals surface area contributed by atoms with Crippen molar-refractivity contribution in [3.8, 4) is 5.75 Å². The van der Waals surface area contributed by atoms with E-state index in [0.717, 1.165) is 6.42 Å². The van der Waals surface area contributed by atoms with Crippen molar-refractivity contribution >= 4 is 28.8 Å². The van der Waals surface area contributed by atoms with Gasteiger partial charge in [-0.25, -0.2) is 0 Å². The summed E-state index contributed by atoms with van der Waals surface area (Å²) in [5.41, 5.74) is 0.229. The SMILES string of the molecule is CC(C)(Oc1ccc(Cl)cc1)C(=O)NCCC(CCO)c1ccsc1. The van der Waals surface area contributed by atoms with E-state index in [4.69, 9.17) is 16.3 Å². The first-order valence-corrected chi connectivity index (χ1v) is 9.60. The molecule has 1 aromatic heterocycles. The lowest BCUT2D eigenvalue weighted by Crippen LogP contribution is -2.47. The third-order valence-electron chi connectivity index (χ3n) is 4.00. The summed E-state index contributed by atoms with van der Waals surface area (Å²) in [6, 6.07) is 9.01. The minimum absolute atomic E-state index is 0.139. The topological polar surface area (TPSA) is 58.6 Å². The zero-order valence-corrected chi connectivity index (χ0v) is 16.1. The van der Waals surface area contributed by atoms with Crippen LogP contribution in [-0.4, -0.2) is 29.8 Å². The van der Waals surface area contributed by atoms with Gasteiger partial charge in [-0.05, 0) is 79.3 Å². The molecule has 0 fully saturated rings. The van der Waals surface area contributed by atoms with E-state index in [1.54, 1.807) is 49.4 Å². The molecular weight excluding hydrogens is 358 g/mol. The summed E-state index contributed by atoms with van der Waals surface area (Å²) in [6.07, 6.45) is 1.47. The number of benzene rings is 1. The molecule has 6 heteroatoms. The number of ether oxygens (including phenoxy) is 1. The highest BCUT2D eigenvalue weighted by atomic mass is 35.5. The van der Waals surface area contributed by atoms with Crippen molar-refractivity contribution in [2.75, 3.05) is 13.2 Å². The molecule has 2 aromatic rings. The second-order valence-corrected chi connectivity index (χ2v) is 7.59. The monoisotopic (exact) mass is 381 g/mol. The van der Waals surface area contributed by atoms with Crippen molar-refractivity contribution in [2.24, 2.45) is 0 Å². The Balaban J connectivity index is 1.86. The van der Waals surface area contributed by atoms with Crippen LogP contribution in [0.1, 0.15) is 38.2 Å². The van der Waals surface area contributed by atoms with E-state index in [1.165, 1.54) is 5.56 Å². The summed E-state index contributed by atoms with van der Waals surface area (Å²) >= 11 is 7.50. The molecule has 0 spiro atoms. The second-order valence-electron chi connectivity index (χ2n) is 6.38. The van der Waals surface area contributed by atoms with E-state index >= 15 is 0 Å². The summed E-state index contributed by atoms with van der Waals surface area (Å²) in [5, 5.41) is 16.9. The number of hydrogen-bond acceptors (Lipinski definition) is 4. The Kier molecular flexibility index (Phi) is 7.29. The van der Waals surface area contributed by atoms with Crippen LogP contribution >= 0.6 is 22.9 Å². The number of carbonyl (C=O) groups excluding carboxylic acids is 1. The molecule has 2 N–H and O–H groups in total. The van der Waals surface area contributed by atoms with Gasteiger partial charge in [-0.2, -0.15) is 11.3 Å². The van der Waals surface area contributed by atoms with Crippen LogP contribution in [0.15, 0.2) is 41.1 Å². The van der Waals surface area contributed by atoms with Crippen molar-refractivity contribution in [1.82, 2.24) is 5.32 Å². The van der Waals surface area contributed by atoms with E-state index in [0.29, 0.717) is 23.7 Å². The zero-order valence-electron chi connectivity index (χ0n) is 14.5. The predicted octanol–water partition coefficient (Wildman–Crippen LogP) is 4.23. The molecule has 0 saturated heterocycles. The van der Waals surface area contributed by atoms with Crippen LogP contribution in [0.2, 0.25) is 5.02 Å². The Morgan fingerprint density at radius 3 is 2.60 bits per heavy atom. The molecule has 1 amide bonds. The van der Waals surface area contributed by atoms with E-state index in [1.807, 2.05) is 5.38 Å². The quantitative estimate of drug-likeness (QED) is 0.683. The number of carbonyl (C=O) groups is 1. The fourth-order valence-corrected chi connectivity index (χ4v) is 3.43. The van der Waals surface area contributed by atoms with Gasteiger partial charge in [-0.3, -0.25) is 4.79 Å². The molecule has 0 bridgehead atoms. The lowest BCUT2D eigenvalue weighted by molar-refractivity contribution is -0.134. The van der Waals surface area contributed by atoms with Gasteiger partial charge >= 0.3 is 0 Å². The van der Waals surface area contributed by atoms with Gasteiger partial charge < -0.3 is 15.2 Å². The number of rotatable bonds is 9. The standard InChI is InChI=1S/C19H24ClNO3S/c1-19(2,24-17-5-3-16(20)4-6-17)18(23)21-10-7-14(8-11-22)15-9-12-25-13-15/h3-6,9,12-14,22H,7-8,10-11H2,1-2H3,(H,21,23). The molecule has 0 aliphatic heterocycles. The van der Waals surface area contributed by atoms with Gasteiger partial charge in [-0.1, -0.05) is 11.6 Å². The molecule has 1 atom stereocenters. The van der Waals surface area contributed by atoms with E-state index < -0.39 is 5.60 Å². The maximum absolute atomic E-state index is 12.5. The Labute approximate surface area is 157 Å². The van der Waals surface area contributed by atoms with Gasteiger partial charge in [0.25, 0.3) is 5.91 Å². The Bertz CT molecular complexity index is 656. The van der Waals surface area contributed by atoms with Gasteiger partial charge in [0.2, 0.25) is 0 Å². The minimum Gasteiger partial charge on any atom is -0.478 e. The third-order valence-corrected chi connectivity index (χ3v) is 4.96. The van der Waals surface area contributed by atoms with Gasteiger partial charge in [0.1, 0.15) is 5.75 Å². The molecule has 1 heterocycles. The predicted molar refractivity (Wildman–Crippen MR) is 103 cm³/mol. The van der Waals surface area contributed by atoms with Crippen molar-refractivity contribution < 1.29 is 14.6 Å². The van der Waals surface area contributed by atoms with E-state index in [9.17, 15) is 9.90 Å². The average molecular weight is 382 g/mol. The molecule has 2 rings (SSSR count). The number of amides is 1. The van der Waals surface area contributed by atoms with Crippen LogP contribution in [0.25, 0.3) is 0 Å². The third kappa shape index (κ3) is 6.03. The molecule has 0 radical (unpaired) electrons. The summed E-state index contributed by atoms with van der Waals surface area (Å²) in [5.74, 6) is 0.674. The fourth-order valence-electron chi connectivity index (χ4n) is 2.56. The molecule has 136 valence electrons. The normalized spacial score (nSPS) is 12.6. The minimum atomic E-state index is -0.983. The maximum Gasteiger partial charge on any atom is 0.263 e. The molecule has 1 aromatic carbocycles. The van der Waals surface area contributed by atoms with Gasteiger partial charge in [0.15, 0.2) is 5.60 Å². The Morgan fingerprint density at radius 2 is 2.00 bits per heavy atom. The number of nitrogens with one attached hydrogen (secondary N) is 1. The molecule has 1 unspecified atom stereocenters. The first kappa shape index (κ1) is 19.8. The van der Waals surface area contributed by atoms with E-state index in [-0.39, 0.29) is 18.4 Å².